The van der Waals surface area contributed by atoms with Gasteiger partial charge in [0.1, 0.15) is 0 Å². The standard InChI is InChI=1S/C18H14O2.C3H8.C2H6O.2C2H6/c1-13(17(19)15-9-5-3-6-10-15)14(2)18(20)16-11-7-4-8-12-16;2*1-3-2;2*1-2/h3-12H,1-2H2;3H2,1-2H3;1-2H3;2*1-2H3. The second-order valence-corrected chi connectivity index (χ2v) is 5.46. The summed E-state index contributed by atoms with van der Waals surface area (Å²) in [7, 11) is 3.25. The lowest BCUT2D eigenvalue weighted by atomic mass is 9.93. The molecule has 0 fully saturated rings. The van der Waals surface area contributed by atoms with Gasteiger partial charge in [-0.25, -0.2) is 0 Å². The maximum Gasteiger partial charge on any atom is 0.193 e. The van der Waals surface area contributed by atoms with Gasteiger partial charge in [0.15, 0.2) is 11.6 Å². The van der Waals surface area contributed by atoms with Crippen molar-refractivity contribution in [3.63, 3.8) is 0 Å². The number of hydrogen-bond donors (Lipinski definition) is 0. The first kappa shape index (κ1) is 31.9. The molecule has 2 aromatic carbocycles. The van der Waals surface area contributed by atoms with Crippen molar-refractivity contribution in [2.75, 3.05) is 14.2 Å². The predicted octanol–water partition coefficient (Wildman–Crippen LogP) is 7.60. The number of carbonyl (C=O) groups excluding carboxylic acids is 2. The molecule has 3 heteroatoms. The van der Waals surface area contributed by atoms with Gasteiger partial charge in [-0.3, -0.25) is 9.59 Å². The number of rotatable bonds is 5. The third-order valence-electron chi connectivity index (χ3n) is 2.98. The van der Waals surface area contributed by atoms with Crippen molar-refractivity contribution in [3.8, 4) is 0 Å². The second-order valence-electron chi connectivity index (χ2n) is 5.46. The summed E-state index contributed by atoms with van der Waals surface area (Å²) in [6.45, 7) is 19.7. The number of ether oxygens (including phenoxy) is 1. The largest absolute Gasteiger partial charge is 0.388 e. The van der Waals surface area contributed by atoms with Crippen LogP contribution in [0.4, 0.5) is 0 Å². The average Bonchev–Trinajstić information content (AvgIpc) is 2.82. The third kappa shape index (κ3) is 13.4. The number of benzene rings is 2. The summed E-state index contributed by atoms with van der Waals surface area (Å²) < 4.78 is 4.25. The van der Waals surface area contributed by atoms with Crippen LogP contribution in [-0.2, 0) is 4.74 Å². The molecule has 3 nitrogen and oxygen atoms in total. The molecule has 0 aliphatic heterocycles. The number of methoxy groups -OCH3 is 1. The van der Waals surface area contributed by atoms with Crippen LogP contribution < -0.4 is 0 Å². The van der Waals surface area contributed by atoms with Gasteiger partial charge >= 0.3 is 0 Å². The minimum absolute atomic E-state index is 0.130. The highest BCUT2D eigenvalue weighted by molar-refractivity contribution is 6.22. The van der Waals surface area contributed by atoms with Gasteiger partial charge in [-0.15, -0.1) is 0 Å². The summed E-state index contributed by atoms with van der Waals surface area (Å²) >= 11 is 0. The first-order valence-corrected chi connectivity index (χ1v) is 10.4. The van der Waals surface area contributed by atoms with Gasteiger partial charge in [0.2, 0.25) is 0 Å². The highest BCUT2D eigenvalue weighted by atomic mass is 16.4. The summed E-state index contributed by atoms with van der Waals surface area (Å²) in [5.41, 5.74) is 1.26. The van der Waals surface area contributed by atoms with E-state index in [1.807, 2.05) is 39.8 Å². The average molecular weight is 413 g/mol. The maximum absolute atomic E-state index is 12.2. The van der Waals surface area contributed by atoms with Gasteiger partial charge in [0.05, 0.1) is 0 Å². The molecule has 0 aliphatic rings. The van der Waals surface area contributed by atoms with Gasteiger partial charge in [-0.05, 0) is 0 Å². The van der Waals surface area contributed by atoms with Crippen molar-refractivity contribution in [3.05, 3.63) is 96.1 Å². The molecule has 0 heterocycles. The Balaban J connectivity index is -0.000000626. The van der Waals surface area contributed by atoms with Gasteiger partial charge < -0.3 is 4.74 Å². The molecule has 30 heavy (non-hydrogen) atoms. The predicted molar refractivity (Wildman–Crippen MR) is 131 cm³/mol. The first-order valence-electron chi connectivity index (χ1n) is 10.4. The van der Waals surface area contributed by atoms with E-state index in [1.54, 1.807) is 62.8 Å². The van der Waals surface area contributed by atoms with Crippen molar-refractivity contribution >= 4 is 11.6 Å². The smallest absolute Gasteiger partial charge is 0.193 e. The van der Waals surface area contributed by atoms with E-state index in [1.165, 1.54) is 6.42 Å². The molecule has 0 radical (unpaired) electrons. The molecule has 0 atom stereocenters. The Kier molecular flexibility index (Phi) is 23.9. The van der Waals surface area contributed by atoms with E-state index < -0.39 is 0 Å². The highest BCUT2D eigenvalue weighted by Gasteiger charge is 2.19. The molecule has 0 unspecified atom stereocenters. The van der Waals surface area contributed by atoms with Crippen LogP contribution in [0.25, 0.3) is 0 Å². The van der Waals surface area contributed by atoms with E-state index in [0.717, 1.165) is 0 Å². The Labute approximate surface area is 184 Å². The molecule has 166 valence electrons. The second kappa shape index (κ2) is 22.5. The molecule has 0 aliphatic carbocycles. The molecular formula is C27H40O3. The number of ketones is 2. The van der Waals surface area contributed by atoms with Gasteiger partial charge in [-0.2, -0.15) is 0 Å². The zero-order valence-corrected chi connectivity index (χ0v) is 20.1. The number of Topliss-reactive ketones (excluding diaryl/α,β-unsaturated/α-hetero) is 2. The Hall–Kier alpha value is -2.78. The van der Waals surface area contributed by atoms with Crippen molar-refractivity contribution in [1.82, 2.24) is 0 Å². The fraction of sp³-hybridized carbons (Fsp3) is 0.333. The molecule has 0 aromatic heterocycles. The summed E-state index contributed by atoms with van der Waals surface area (Å²) in [5, 5.41) is 0. The van der Waals surface area contributed by atoms with Crippen molar-refractivity contribution < 1.29 is 14.3 Å². The van der Waals surface area contributed by atoms with Crippen molar-refractivity contribution in [2.24, 2.45) is 0 Å². The van der Waals surface area contributed by atoms with Crippen LogP contribution in [-0.4, -0.2) is 25.8 Å². The number of hydrogen-bond acceptors (Lipinski definition) is 3. The molecule has 0 spiro atoms. The van der Waals surface area contributed by atoms with Crippen LogP contribution in [0.5, 0.6) is 0 Å². The fourth-order valence-electron chi connectivity index (χ4n) is 1.80. The summed E-state index contributed by atoms with van der Waals surface area (Å²) in [6.07, 6.45) is 1.25. The lowest BCUT2D eigenvalue weighted by molar-refractivity contribution is 0.0998. The van der Waals surface area contributed by atoms with E-state index in [9.17, 15) is 9.59 Å². The SMILES string of the molecule is C=C(C(=C)C(=O)c1ccccc1)C(=O)c1ccccc1.CC.CC.CCC.COC. The molecule has 2 rings (SSSR count). The molecule has 2 aromatic rings. The Bertz CT molecular complexity index is 638. The summed E-state index contributed by atoms with van der Waals surface area (Å²) in [4.78, 5) is 24.4. The first-order chi connectivity index (χ1) is 14.4. The lowest BCUT2D eigenvalue weighted by Crippen LogP contribution is -2.11. The molecule has 0 saturated carbocycles. The molecule has 0 saturated heterocycles. The van der Waals surface area contributed by atoms with Crippen LogP contribution >= 0.6 is 0 Å². The topological polar surface area (TPSA) is 43.4 Å². The summed E-state index contributed by atoms with van der Waals surface area (Å²) in [6, 6.07) is 17.5. The van der Waals surface area contributed by atoms with E-state index in [4.69, 9.17) is 0 Å². The van der Waals surface area contributed by atoms with E-state index in [2.05, 4.69) is 31.7 Å². The highest BCUT2D eigenvalue weighted by Crippen LogP contribution is 2.17. The van der Waals surface area contributed by atoms with Crippen LogP contribution in [0.3, 0.4) is 0 Å². The van der Waals surface area contributed by atoms with Gasteiger partial charge in [-0.1, -0.05) is 122 Å². The Morgan fingerprint density at radius 1 is 0.667 bits per heavy atom. The molecule has 0 bridgehead atoms. The Morgan fingerprint density at radius 2 is 0.867 bits per heavy atom. The van der Waals surface area contributed by atoms with Crippen LogP contribution in [0.1, 0.15) is 68.7 Å². The monoisotopic (exact) mass is 412 g/mol. The van der Waals surface area contributed by atoms with E-state index in [-0.39, 0.29) is 22.7 Å². The third-order valence-corrected chi connectivity index (χ3v) is 2.98. The van der Waals surface area contributed by atoms with Crippen LogP contribution in [0.15, 0.2) is 85.0 Å². The van der Waals surface area contributed by atoms with Gasteiger partial charge in [0, 0.05) is 36.5 Å². The van der Waals surface area contributed by atoms with E-state index in [0.29, 0.717) is 11.1 Å². The maximum atomic E-state index is 12.2. The quantitative estimate of drug-likeness (QED) is 0.288. The zero-order chi connectivity index (χ0) is 23.9. The normalized spacial score (nSPS) is 8.13. The Morgan fingerprint density at radius 3 is 1.07 bits per heavy atom. The minimum Gasteiger partial charge on any atom is -0.388 e. The van der Waals surface area contributed by atoms with Crippen molar-refractivity contribution in [2.45, 2.75) is 48.0 Å². The number of carbonyl (C=O) groups is 2. The molecular weight excluding hydrogens is 372 g/mol. The molecule has 0 N–H and O–H groups in total. The van der Waals surface area contributed by atoms with Gasteiger partial charge in [0.25, 0.3) is 0 Å². The lowest BCUT2D eigenvalue weighted by Gasteiger charge is -2.07. The van der Waals surface area contributed by atoms with E-state index >= 15 is 0 Å². The zero-order valence-electron chi connectivity index (χ0n) is 20.1. The minimum atomic E-state index is -0.278. The number of allylic oxidation sites excluding steroid dienone is 2. The van der Waals surface area contributed by atoms with Crippen LogP contribution in [0, 0.1) is 0 Å². The molecule has 0 amide bonds. The summed E-state index contributed by atoms with van der Waals surface area (Å²) in [5.74, 6) is -0.556. The van der Waals surface area contributed by atoms with Crippen molar-refractivity contribution in [1.29, 1.82) is 0 Å². The fourth-order valence-corrected chi connectivity index (χ4v) is 1.80. The van der Waals surface area contributed by atoms with Crippen LogP contribution in [0.2, 0.25) is 0 Å².